The third-order valence-corrected chi connectivity index (χ3v) is 2.84. The maximum Gasteiger partial charge on any atom is 0.342 e. The topological polar surface area (TPSA) is 89.7 Å². The summed E-state index contributed by atoms with van der Waals surface area (Å²) in [4.78, 5) is 21.1. The van der Waals surface area contributed by atoms with Gasteiger partial charge in [0.2, 0.25) is 5.75 Å². The Labute approximate surface area is 122 Å². The van der Waals surface area contributed by atoms with E-state index in [0.717, 1.165) is 12.1 Å². The quantitative estimate of drug-likeness (QED) is 0.683. The highest BCUT2D eigenvalue weighted by atomic mass is 35.5. The van der Waals surface area contributed by atoms with E-state index < -0.39 is 28.0 Å². The highest BCUT2D eigenvalue weighted by molar-refractivity contribution is 6.30. The van der Waals surface area contributed by atoms with Crippen LogP contribution in [0.15, 0.2) is 36.4 Å². The molecule has 0 aliphatic carbocycles. The van der Waals surface area contributed by atoms with Crippen LogP contribution in [0, 0.1) is 15.9 Å². The number of carboxylic acid groups (broad SMARTS) is 1. The molecule has 8 heteroatoms. The second kappa shape index (κ2) is 5.76. The van der Waals surface area contributed by atoms with Crippen molar-refractivity contribution >= 4 is 23.3 Å². The third kappa shape index (κ3) is 3.09. The van der Waals surface area contributed by atoms with Gasteiger partial charge in [-0.2, -0.15) is 0 Å². The van der Waals surface area contributed by atoms with E-state index in [1.54, 1.807) is 0 Å². The molecule has 108 valence electrons. The van der Waals surface area contributed by atoms with Gasteiger partial charge in [-0.1, -0.05) is 17.7 Å². The fourth-order valence-corrected chi connectivity index (χ4v) is 1.75. The summed E-state index contributed by atoms with van der Waals surface area (Å²) in [5.74, 6) is -2.56. The van der Waals surface area contributed by atoms with Crippen molar-refractivity contribution in [3.8, 4) is 11.5 Å². The number of nitro benzene ring substituents is 1. The number of carbonyl (C=O) groups is 1. The molecule has 0 amide bonds. The van der Waals surface area contributed by atoms with Crippen LogP contribution in [-0.2, 0) is 0 Å². The fourth-order valence-electron chi connectivity index (χ4n) is 1.63. The van der Waals surface area contributed by atoms with Crippen LogP contribution >= 0.6 is 11.6 Å². The molecule has 0 unspecified atom stereocenters. The summed E-state index contributed by atoms with van der Waals surface area (Å²) in [7, 11) is 0. The Bertz CT molecular complexity index is 734. The molecule has 2 aromatic rings. The molecule has 6 nitrogen and oxygen atoms in total. The largest absolute Gasteiger partial charge is 0.477 e. The number of carboxylic acids is 1. The minimum atomic E-state index is -1.46. The van der Waals surface area contributed by atoms with Crippen LogP contribution in [0.5, 0.6) is 11.5 Å². The van der Waals surface area contributed by atoms with Crippen molar-refractivity contribution in [2.24, 2.45) is 0 Å². The summed E-state index contributed by atoms with van der Waals surface area (Å²) in [6, 6.07) is 7.06. The SMILES string of the molecule is O=C(O)c1cccc(Oc2ccc(Cl)c(F)c2)c1[N+](=O)[O-]. The van der Waals surface area contributed by atoms with Crippen molar-refractivity contribution in [3.05, 3.63) is 62.9 Å². The van der Waals surface area contributed by atoms with Crippen LogP contribution in [0.3, 0.4) is 0 Å². The number of nitrogens with zero attached hydrogens (tertiary/aromatic N) is 1. The van der Waals surface area contributed by atoms with E-state index in [0.29, 0.717) is 0 Å². The van der Waals surface area contributed by atoms with Gasteiger partial charge in [0.25, 0.3) is 0 Å². The first-order valence-corrected chi connectivity index (χ1v) is 5.91. The molecule has 0 saturated heterocycles. The maximum atomic E-state index is 13.3. The van der Waals surface area contributed by atoms with Crippen LogP contribution in [0.25, 0.3) is 0 Å². The number of nitro groups is 1. The van der Waals surface area contributed by atoms with E-state index in [-0.39, 0.29) is 16.5 Å². The third-order valence-electron chi connectivity index (χ3n) is 2.53. The molecule has 0 saturated carbocycles. The zero-order valence-electron chi connectivity index (χ0n) is 10.2. The monoisotopic (exact) mass is 311 g/mol. The zero-order valence-corrected chi connectivity index (χ0v) is 11.0. The van der Waals surface area contributed by atoms with Crippen LogP contribution in [0.1, 0.15) is 10.4 Å². The van der Waals surface area contributed by atoms with E-state index >= 15 is 0 Å². The van der Waals surface area contributed by atoms with Crippen molar-refractivity contribution in [2.75, 3.05) is 0 Å². The van der Waals surface area contributed by atoms with Gasteiger partial charge in [-0.05, 0) is 24.3 Å². The smallest absolute Gasteiger partial charge is 0.342 e. The first kappa shape index (κ1) is 14.7. The number of aromatic carboxylic acids is 1. The van der Waals surface area contributed by atoms with Crippen molar-refractivity contribution < 1.29 is 24.0 Å². The van der Waals surface area contributed by atoms with Crippen LogP contribution in [-0.4, -0.2) is 16.0 Å². The molecule has 0 heterocycles. The number of hydrogen-bond acceptors (Lipinski definition) is 4. The Kier molecular flexibility index (Phi) is 4.04. The molecule has 0 atom stereocenters. The number of ether oxygens (including phenoxy) is 1. The van der Waals surface area contributed by atoms with E-state index in [1.807, 2.05) is 0 Å². The highest BCUT2D eigenvalue weighted by Gasteiger charge is 2.25. The van der Waals surface area contributed by atoms with Crippen molar-refractivity contribution in [1.29, 1.82) is 0 Å². The van der Waals surface area contributed by atoms with E-state index in [2.05, 4.69) is 0 Å². The lowest BCUT2D eigenvalue weighted by atomic mass is 10.1. The second-order valence-corrected chi connectivity index (χ2v) is 4.30. The predicted octanol–water partition coefficient (Wildman–Crippen LogP) is 3.88. The summed E-state index contributed by atoms with van der Waals surface area (Å²) in [6.07, 6.45) is 0. The molecule has 0 radical (unpaired) electrons. The van der Waals surface area contributed by atoms with Gasteiger partial charge in [0.15, 0.2) is 0 Å². The van der Waals surface area contributed by atoms with Gasteiger partial charge in [0, 0.05) is 6.07 Å². The number of hydrogen-bond donors (Lipinski definition) is 1. The normalized spacial score (nSPS) is 10.2. The Hall–Kier alpha value is -2.67. The van der Waals surface area contributed by atoms with Crippen LogP contribution in [0.4, 0.5) is 10.1 Å². The van der Waals surface area contributed by atoms with E-state index in [1.165, 1.54) is 24.3 Å². The molecule has 2 rings (SSSR count). The molecule has 0 bridgehead atoms. The summed E-state index contributed by atoms with van der Waals surface area (Å²) in [6.45, 7) is 0. The molecule has 0 fully saturated rings. The molecular formula is C13H7ClFNO5. The molecular weight excluding hydrogens is 305 g/mol. The second-order valence-electron chi connectivity index (χ2n) is 3.89. The summed E-state index contributed by atoms with van der Waals surface area (Å²) in [5.41, 5.74) is -1.23. The lowest BCUT2D eigenvalue weighted by Gasteiger charge is -2.08. The van der Waals surface area contributed by atoms with Crippen LogP contribution < -0.4 is 4.74 Å². The zero-order chi connectivity index (χ0) is 15.6. The number of halogens is 2. The van der Waals surface area contributed by atoms with E-state index in [4.69, 9.17) is 21.4 Å². The number of benzene rings is 2. The first-order chi connectivity index (χ1) is 9.90. The lowest BCUT2D eigenvalue weighted by Crippen LogP contribution is -2.04. The molecule has 0 aromatic heterocycles. The predicted molar refractivity (Wildman–Crippen MR) is 71.5 cm³/mol. The van der Waals surface area contributed by atoms with Gasteiger partial charge in [-0.15, -0.1) is 0 Å². The Balaban J connectivity index is 2.48. The number of para-hydroxylation sites is 1. The maximum absolute atomic E-state index is 13.3. The fraction of sp³-hybridized carbons (Fsp3) is 0. The molecule has 0 aliphatic heterocycles. The van der Waals surface area contributed by atoms with Gasteiger partial charge in [0.05, 0.1) is 9.95 Å². The molecule has 21 heavy (non-hydrogen) atoms. The van der Waals surface area contributed by atoms with Crippen molar-refractivity contribution in [1.82, 2.24) is 0 Å². The standard InChI is InChI=1S/C13H7ClFNO5/c14-9-5-4-7(6-10(9)15)21-11-3-1-2-8(13(17)18)12(11)16(19)20/h1-6H,(H,17,18). The number of rotatable bonds is 4. The first-order valence-electron chi connectivity index (χ1n) is 5.53. The Morgan fingerprint density at radius 2 is 2.05 bits per heavy atom. The van der Waals surface area contributed by atoms with Gasteiger partial charge in [0.1, 0.15) is 17.1 Å². The minimum Gasteiger partial charge on any atom is -0.477 e. The average molecular weight is 312 g/mol. The summed E-state index contributed by atoms with van der Waals surface area (Å²) >= 11 is 5.52. The molecule has 0 aliphatic rings. The van der Waals surface area contributed by atoms with Gasteiger partial charge in [-0.25, -0.2) is 9.18 Å². The molecule has 2 aromatic carbocycles. The average Bonchev–Trinajstić information content (AvgIpc) is 2.42. The van der Waals surface area contributed by atoms with Gasteiger partial charge >= 0.3 is 11.7 Å². The molecule has 0 spiro atoms. The van der Waals surface area contributed by atoms with Gasteiger partial charge < -0.3 is 9.84 Å². The van der Waals surface area contributed by atoms with Crippen LogP contribution in [0.2, 0.25) is 5.02 Å². The van der Waals surface area contributed by atoms with Crippen molar-refractivity contribution in [2.45, 2.75) is 0 Å². The van der Waals surface area contributed by atoms with Gasteiger partial charge in [-0.3, -0.25) is 10.1 Å². The molecule has 1 N–H and O–H groups in total. The van der Waals surface area contributed by atoms with Crippen molar-refractivity contribution in [3.63, 3.8) is 0 Å². The lowest BCUT2D eigenvalue weighted by molar-refractivity contribution is -0.386. The Morgan fingerprint density at radius 1 is 1.33 bits per heavy atom. The summed E-state index contributed by atoms with van der Waals surface area (Å²) < 4.78 is 18.5. The minimum absolute atomic E-state index is 0.0393. The van der Waals surface area contributed by atoms with E-state index in [9.17, 15) is 19.3 Å². The highest BCUT2D eigenvalue weighted by Crippen LogP contribution is 2.35. The Morgan fingerprint density at radius 3 is 2.62 bits per heavy atom. The summed E-state index contributed by atoms with van der Waals surface area (Å²) in [5, 5.41) is 19.8.